The highest BCUT2D eigenvalue weighted by atomic mass is 32.2. The van der Waals surface area contributed by atoms with Crippen molar-refractivity contribution in [2.24, 2.45) is 5.92 Å². The number of carbonyl (C=O) groups is 2. The number of carboxylic acids is 1. The van der Waals surface area contributed by atoms with Gasteiger partial charge in [-0.05, 0) is 72.3 Å². The number of hydrogen-bond donors (Lipinski definition) is 2. The van der Waals surface area contributed by atoms with Gasteiger partial charge in [0.1, 0.15) is 11.6 Å². The lowest BCUT2D eigenvalue weighted by molar-refractivity contribution is -0.139. The maximum Gasteiger partial charge on any atom is 0.408 e. The number of amides is 1. The summed E-state index contributed by atoms with van der Waals surface area (Å²) in [6.07, 6.45) is 3.90. The Morgan fingerprint density at radius 3 is 2.35 bits per heavy atom. The van der Waals surface area contributed by atoms with Crippen molar-refractivity contribution in [2.45, 2.75) is 56.9 Å². The number of carboxylic acid groups (broad SMARTS) is 1. The van der Waals surface area contributed by atoms with Gasteiger partial charge in [0.15, 0.2) is 0 Å². The van der Waals surface area contributed by atoms with E-state index in [4.69, 9.17) is 4.74 Å². The van der Waals surface area contributed by atoms with Crippen molar-refractivity contribution < 1.29 is 19.4 Å². The standard InChI is InChI=1S/C16H30N2O4S/c1-16(2,3)22-15(21)17-12(14(19)20)10-13(23-5)11-6-8-18(4)9-7-11/h11-13H,6-10H2,1-5H3,(H,17,21)(H,19,20). The second-order valence-electron chi connectivity index (χ2n) is 7.19. The molecule has 0 radical (unpaired) electrons. The second kappa shape index (κ2) is 8.78. The van der Waals surface area contributed by atoms with Crippen LogP contribution in [0.1, 0.15) is 40.0 Å². The number of carbonyl (C=O) groups excluding carboxylic acids is 1. The monoisotopic (exact) mass is 346 g/mol. The van der Waals surface area contributed by atoms with Crippen LogP contribution >= 0.6 is 11.8 Å². The number of rotatable bonds is 6. The summed E-state index contributed by atoms with van der Waals surface area (Å²) in [5.74, 6) is -0.522. The van der Waals surface area contributed by atoms with E-state index in [1.54, 1.807) is 32.5 Å². The van der Waals surface area contributed by atoms with Gasteiger partial charge in [-0.2, -0.15) is 11.8 Å². The quantitative estimate of drug-likeness (QED) is 0.769. The second-order valence-corrected chi connectivity index (χ2v) is 8.26. The molecule has 1 amide bonds. The van der Waals surface area contributed by atoms with Crippen LogP contribution in [0.5, 0.6) is 0 Å². The predicted octanol–water partition coefficient (Wildman–Crippen LogP) is 2.43. The van der Waals surface area contributed by atoms with E-state index in [1.807, 2.05) is 6.26 Å². The third-order valence-corrected chi connectivity index (χ3v) is 5.23. The highest BCUT2D eigenvalue weighted by Gasteiger charge is 2.31. The van der Waals surface area contributed by atoms with Gasteiger partial charge in [0.25, 0.3) is 0 Å². The minimum atomic E-state index is -1.01. The Morgan fingerprint density at radius 2 is 1.91 bits per heavy atom. The summed E-state index contributed by atoms with van der Waals surface area (Å²) in [5, 5.41) is 12.1. The van der Waals surface area contributed by atoms with Crippen LogP contribution < -0.4 is 5.32 Å². The van der Waals surface area contributed by atoms with Crippen LogP contribution in [0, 0.1) is 5.92 Å². The van der Waals surface area contributed by atoms with Crippen molar-refractivity contribution in [1.29, 1.82) is 0 Å². The minimum absolute atomic E-state index is 0.222. The first-order chi connectivity index (χ1) is 10.6. The SMILES string of the molecule is CSC(CC(NC(=O)OC(C)(C)C)C(=O)O)C1CCN(C)CC1. The fraction of sp³-hybridized carbons (Fsp3) is 0.875. The summed E-state index contributed by atoms with van der Waals surface area (Å²) in [7, 11) is 2.11. The zero-order valence-electron chi connectivity index (χ0n) is 14.8. The summed E-state index contributed by atoms with van der Waals surface area (Å²) < 4.78 is 5.17. The van der Waals surface area contributed by atoms with E-state index in [1.165, 1.54) is 0 Å². The average Bonchev–Trinajstić information content (AvgIpc) is 2.42. The Morgan fingerprint density at radius 1 is 1.35 bits per heavy atom. The third kappa shape index (κ3) is 7.44. The number of thioether (sulfide) groups is 1. The molecular weight excluding hydrogens is 316 g/mol. The number of nitrogens with one attached hydrogen (secondary N) is 1. The molecule has 1 fully saturated rings. The van der Waals surface area contributed by atoms with E-state index in [-0.39, 0.29) is 5.25 Å². The molecule has 1 saturated heterocycles. The topological polar surface area (TPSA) is 78.9 Å². The number of ether oxygens (including phenoxy) is 1. The van der Waals surface area contributed by atoms with Crippen LogP contribution in [0.4, 0.5) is 4.79 Å². The molecule has 7 heteroatoms. The van der Waals surface area contributed by atoms with Crippen molar-refractivity contribution >= 4 is 23.8 Å². The molecule has 0 aromatic rings. The number of aliphatic carboxylic acids is 1. The van der Waals surface area contributed by atoms with E-state index in [0.717, 1.165) is 25.9 Å². The van der Waals surface area contributed by atoms with Crippen LogP contribution in [-0.4, -0.2) is 65.4 Å². The van der Waals surface area contributed by atoms with Crippen molar-refractivity contribution in [1.82, 2.24) is 10.2 Å². The molecule has 0 saturated carbocycles. The molecule has 2 atom stereocenters. The molecule has 1 aliphatic heterocycles. The molecule has 1 rings (SSSR count). The van der Waals surface area contributed by atoms with Gasteiger partial charge in [-0.3, -0.25) is 0 Å². The van der Waals surface area contributed by atoms with Crippen molar-refractivity contribution in [3.63, 3.8) is 0 Å². The normalized spacial score (nSPS) is 19.9. The smallest absolute Gasteiger partial charge is 0.408 e. The van der Waals surface area contributed by atoms with Crippen LogP contribution in [-0.2, 0) is 9.53 Å². The molecule has 0 aromatic carbocycles. The van der Waals surface area contributed by atoms with Gasteiger partial charge in [-0.15, -0.1) is 0 Å². The van der Waals surface area contributed by atoms with Crippen LogP contribution in [0.25, 0.3) is 0 Å². The van der Waals surface area contributed by atoms with E-state index in [0.29, 0.717) is 12.3 Å². The van der Waals surface area contributed by atoms with Gasteiger partial charge in [0.05, 0.1) is 0 Å². The zero-order valence-corrected chi connectivity index (χ0v) is 15.6. The lowest BCUT2D eigenvalue weighted by Gasteiger charge is -2.34. The third-order valence-electron chi connectivity index (χ3n) is 4.05. The predicted molar refractivity (Wildman–Crippen MR) is 92.9 cm³/mol. The van der Waals surface area contributed by atoms with E-state index < -0.39 is 23.7 Å². The zero-order chi connectivity index (χ0) is 17.6. The van der Waals surface area contributed by atoms with Crippen LogP contribution in [0.15, 0.2) is 0 Å². The largest absolute Gasteiger partial charge is 0.480 e. The molecule has 0 spiro atoms. The maximum atomic E-state index is 11.9. The highest BCUT2D eigenvalue weighted by Crippen LogP contribution is 2.30. The maximum absolute atomic E-state index is 11.9. The number of likely N-dealkylation sites (tertiary alicyclic amines) is 1. The number of piperidine rings is 1. The Hall–Kier alpha value is -0.950. The Balaban J connectivity index is 2.62. The minimum Gasteiger partial charge on any atom is -0.480 e. The fourth-order valence-corrected chi connectivity index (χ4v) is 3.83. The van der Waals surface area contributed by atoms with Gasteiger partial charge >= 0.3 is 12.1 Å². The first-order valence-corrected chi connectivity index (χ1v) is 9.35. The summed E-state index contributed by atoms with van der Waals surface area (Å²) in [6, 6.07) is -0.915. The van der Waals surface area contributed by atoms with Gasteiger partial charge in [0, 0.05) is 5.25 Å². The number of hydrogen-bond acceptors (Lipinski definition) is 5. The molecule has 6 nitrogen and oxygen atoms in total. The Bertz CT molecular complexity index is 403. The van der Waals surface area contributed by atoms with Gasteiger partial charge in [-0.1, -0.05) is 0 Å². The highest BCUT2D eigenvalue weighted by molar-refractivity contribution is 7.99. The van der Waals surface area contributed by atoms with E-state index in [9.17, 15) is 14.7 Å². The lowest BCUT2D eigenvalue weighted by Crippen LogP contribution is -2.46. The summed E-state index contributed by atoms with van der Waals surface area (Å²) in [6.45, 7) is 7.35. The summed E-state index contributed by atoms with van der Waals surface area (Å²) in [5.41, 5.74) is -0.639. The number of nitrogens with zero attached hydrogens (tertiary/aromatic N) is 1. The molecule has 1 heterocycles. The van der Waals surface area contributed by atoms with Gasteiger partial charge < -0.3 is 20.1 Å². The first kappa shape index (κ1) is 20.1. The molecular formula is C16H30N2O4S. The van der Waals surface area contributed by atoms with Crippen molar-refractivity contribution in [3.05, 3.63) is 0 Å². The molecule has 0 bridgehead atoms. The van der Waals surface area contributed by atoms with Crippen molar-refractivity contribution in [2.75, 3.05) is 26.4 Å². The molecule has 0 aliphatic carbocycles. The lowest BCUT2D eigenvalue weighted by atomic mass is 9.90. The number of alkyl carbamates (subject to hydrolysis) is 1. The van der Waals surface area contributed by atoms with Gasteiger partial charge in [0.2, 0.25) is 0 Å². The Kier molecular flexibility index (Phi) is 7.67. The summed E-state index contributed by atoms with van der Waals surface area (Å²) >= 11 is 1.69. The van der Waals surface area contributed by atoms with Gasteiger partial charge in [-0.25, -0.2) is 9.59 Å². The summed E-state index contributed by atoms with van der Waals surface area (Å²) in [4.78, 5) is 25.6. The average molecular weight is 346 g/mol. The van der Waals surface area contributed by atoms with E-state index >= 15 is 0 Å². The van der Waals surface area contributed by atoms with E-state index in [2.05, 4.69) is 17.3 Å². The molecule has 2 N–H and O–H groups in total. The molecule has 23 heavy (non-hydrogen) atoms. The first-order valence-electron chi connectivity index (χ1n) is 8.06. The fourth-order valence-electron chi connectivity index (χ4n) is 2.79. The van der Waals surface area contributed by atoms with Crippen molar-refractivity contribution in [3.8, 4) is 0 Å². The Labute approximate surface area is 143 Å². The van der Waals surface area contributed by atoms with Crippen LogP contribution in [0.3, 0.4) is 0 Å². The molecule has 2 unspecified atom stereocenters. The van der Waals surface area contributed by atoms with Crippen LogP contribution in [0.2, 0.25) is 0 Å². The molecule has 134 valence electrons. The molecule has 0 aromatic heterocycles. The molecule has 1 aliphatic rings.